The molecule has 1 atom stereocenters. The lowest BCUT2D eigenvalue weighted by Gasteiger charge is -2.12. The van der Waals surface area contributed by atoms with Crippen molar-refractivity contribution < 1.29 is 19.1 Å². The number of ether oxygens (including phenoxy) is 1. The maximum atomic E-state index is 11.6. The van der Waals surface area contributed by atoms with Crippen molar-refractivity contribution in [2.45, 2.75) is 51.9 Å². The van der Waals surface area contributed by atoms with E-state index in [1.165, 1.54) is 7.11 Å². The number of methoxy groups -OCH3 is 1. The third-order valence-electron chi connectivity index (χ3n) is 3.34. The first-order valence-corrected chi connectivity index (χ1v) is 8.48. The second-order valence-electron chi connectivity index (χ2n) is 4.95. The molecular formula is C15H26O4S. The Morgan fingerprint density at radius 1 is 1.05 bits per heavy atom. The molecule has 0 fully saturated rings. The number of ketones is 2. The van der Waals surface area contributed by atoms with Crippen LogP contribution in [0.15, 0.2) is 0 Å². The molecule has 0 saturated carbocycles. The van der Waals surface area contributed by atoms with E-state index in [2.05, 4.69) is 4.74 Å². The second kappa shape index (κ2) is 11.9. The quantitative estimate of drug-likeness (QED) is 0.409. The van der Waals surface area contributed by atoms with Crippen molar-refractivity contribution in [3.63, 3.8) is 0 Å². The third kappa shape index (κ3) is 10.0. The van der Waals surface area contributed by atoms with Crippen molar-refractivity contribution in [1.29, 1.82) is 0 Å². The van der Waals surface area contributed by atoms with Crippen LogP contribution in [-0.4, -0.2) is 36.7 Å². The summed E-state index contributed by atoms with van der Waals surface area (Å²) >= 11 is 1.66. The Morgan fingerprint density at radius 2 is 1.75 bits per heavy atom. The molecule has 20 heavy (non-hydrogen) atoms. The number of hydrogen-bond donors (Lipinski definition) is 0. The van der Waals surface area contributed by atoms with Crippen molar-refractivity contribution >= 4 is 29.3 Å². The molecule has 0 N–H and O–H groups in total. The minimum absolute atomic E-state index is 0.0501. The van der Waals surface area contributed by atoms with Crippen molar-refractivity contribution in [3.05, 3.63) is 0 Å². The van der Waals surface area contributed by atoms with Gasteiger partial charge < -0.3 is 4.74 Å². The Hall–Kier alpha value is -0.840. The van der Waals surface area contributed by atoms with E-state index in [0.29, 0.717) is 25.7 Å². The standard InChI is InChI=1S/C15H26O4S/c1-12(16)13(6-4-5-7-15(18)19-2)8-9-14(17)10-11-20-3/h13H,4-11H2,1-3H3. The van der Waals surface area contributed by atoms with Gasteiger partial charge in [0, 0.05) is 25.2 Å². The number of Topliss-reactive ketones (excluding diaryl/α,β-unsaturated/α-hetero) is 2. The summed E-state index contributed by atoms with van der Waals surface area (Å²) in [6.07, 6.45) is 6.40. The van der Waals surface area contributed by atoms with Gasteiger partial charge in [0.2, 0.25) is 0 Å². The number of unbranched alkanes of at least 4 members (excludes halogenated alkanes) is 1. The van der Waals surface area contributed by atoms with E-state index in [4.69, 9.17) is 0 Å². The monoisotopic (exact) mass is 302 g/mol. The smallest absolute Gasteiger partial charge is 0.305 e. The normalized spacial score (nSPS) is 11.9. The molecule has 116 valence electrons. The Balaban J connectivity index is 3.90. The first kappa shape index (κ1) is 19.2. The minimum Gasteiger partial charge on any atom is -0.469 e. The van der Waals surface area contributed by atoms with Gasteiger partial charge >= 0.3 is 5.97 Å². The molecule has 0 aromatic heterocycles. The van der Waals surface area contributed by atoms with E-state index in [0.717, 1.165) is 25.0 Å². The summed E-state index contributed by atoms with van der Waals surface area (Å²) in [5.41, 5.74) is 0. The van der Waals surface area contributed by atoms with Crippen LogP contribution < -0.4 is 0 Å². The van der Waals surface area contributed by atoms with Gasteiger partial charge in [0.05, 0.1) is 7.11 Å². The molecule has 0 aliphatic carbocycles. The van der Waals surface area contributed by atoms with Crippen LogP contribution in [0.1, 0.15) is 51.9 Å². The van der Waals surface area contributed by atoms with Crippen LogP contribution in [0.2, 0.25) is 0 Å². The van der Waals surface area contributed by atoms with Crippen molar-refractivity contribution in [3.8, 4) is 0 Å². The topological polar surface area (TPSA) is 60.4 Å². The van der Waals surface area contributed by atoms with E-state index in [1.54, 1.807) is 18.7 Å². The number of thioether (sulfide) groups is 1. The number of esters is 1. The van der Waals surface area contributed by atoms with E-state index in [-0.39, 0.29) is 23.5 Å². The van der Waals surface area contributed by atoms with E-state index < -0.39 is 0 Å². The predicted octanol–water partition coefficient (Wildman–Crippen LogP) is 3.03. The lowest BCUT2D eigenvalue weighted by molar-refractivity contribution is -0.140. The fourth-order valence-electron chi connectivity index (χ4n) is 1.99. The van der Waals surface area contributed by atoms with Crippen LogP contribution in [0, 0.1) is 5.92 Å². The molecule has 5 heteroatoms. The first-order chi connectivity index (χ1) is 9.51. The molecule has 0 bridgehead atoms. The average Bonchev–Trinajstić information content (AvgIpc) is 2.43. The summed E-state index contributed by atoms with van der Waals surface area (Å²) in [5.74, 6) is 0.964. The van der Waals surface area contributed by atoms with Gasteiger partial charge in [0.25, 0.3) is 0 Å². The van der Waals surface area contributed by atoms with Crippen molar-refractivity contribution in [2.24, 2.45) is 5.92 Å². The molecule has 0 rings (SSSR count). The third-order valence-corrected chi connectivity index (χ3v) is 3.96. The number of carbonyl (C=O) groups is 3. The Bertz CT molecular complexity index is 315. The molecule has 0 saturated heterocycles. The van der Waals surface area contributed by atoms with Crippen LogP contribution in [0.4, 0.5) is 0 Å². The van der Waals surface area contributed by atoms with Gasteiger partial charge in [-0.3, -0.25) is 14.4 Å². The molecule has 0 aromatic carbocycles. The SMILES string of the molecule is COC(=O)CCCCC(CCC(=O)CCSC)C(C)=O. The van der Waals surface area contributed by atoms with Gasteiger partial charge in [-0.05, 0) is 38.2 Å². The van der Waals surface area contributed by atoms with Crippen LogP contribution >= 0.6 is 11.8 Å². The molecule has 0 radical (unpaired) electrons. The van der Waals surface area contributed by atoms with Gasteiger partial charge in [0.15, 0.2) is 0 Å². The number of carbonyl (C=O) groups excluding carboxylic acids is 3. The highest BCUT2D eigenvalue weighted by Crippen LogP contribution is 2.18. The lowest BCUT2D eigenvalue weighted by Crippen LogP contribution is -2.13. The molecule has 0 amide bonds. The molecule has 4 nitrogen and oxygen atoms in total. The number of rotatable bonds is 12. The number of hydrogen-bond acceptors (Lipinski definition) is 5. The van der Waals surface area contributed by atoms with E-state index >= 15 is 0 Å². The average molecular weight is 302 g/mol. The zero-order valence-corrected chi connectivity index (χ0v) is 13.6. The Kier molecular flexibility index (Phi) is 11.4. The maximum absolute atomic E-state index is 11.6. The van der Waals surface area contributed by atoms with Crippen LogP contribution in [0.5, 0.6) is 0 Å². The maximum Gasteiger partial charge on any atom is 0.305 e. The van der Waals surface area contributed by atoms with Gasteiger partial charge in [-0.25, -0.2) is 0 Å². The molecule has 0 spiro atoms. The van der Waals surface area contributed by atoms with Gasteiger partial charge in [-0.2, -0.15) is 11.8 Å². The van der Waals surface area contributed by atoms with Gasteiger partial charge in [-0.15, -0.1) is 0 Å². The highest BCUT2D eigenvalue weighted by molar-refractivity contribution is 7.98. The van der Waals surface area contributed by atoms with Crippen LogP contribution in [0.3, 0.4) is 0 Å². The highest BCUT2D eigenvalue weighted by Gasteiger charge is 2.15. The van der Waals surface area contributed by atoms with Gasteiger partial charge in [-0.1, -0.05) is 6.42 Å². The zero-order chi connectivity index (χ0) is 15.4. The van der Waals surface area contributed by atoms with Crippen molar-refractivity contribution in [2.75, 3.05) is 19.1 Å². The highest BCUT2D eigenvalue weighted by atomic mass is 32.2. The predicted molar refractivity (Wildman–Crippen MR) is 81.9 cm³/mol. The van der Waals surface area contributed by atoms with Crippen LogP contribution in [-0.2, 0) is 19.1 Å². The molecule has 0 aliphatic heterocycles. The molecule has 0 aliphatic rings. The molecule has 1 unspecified atom stereocenters. The van der Waals surface area contributed by atoms with E-state index in [9.17, 15) is 14.4 Å². The Morgan fingerprint density at radius 3 is 2.30 bits per heavy atom. The minimum atomic E-state index is -0.211. The zero-order valence-electron chi connectivity index (χ0n) is 12.8. The summed E-state index contributed by atoms with van der Waals surface area (Å²) in [5, 5.41) is 0. The second-order valence-corrected chi connectivity index (χ2v) is 5.94. The summed E-state index contributed by atoms with van der Waals surface area (Å²) in [6.45, 7) is 1.58. The summed E-state index contributed by atoms with van der Waals surface area (Å²) in [6, 6.07) is 0. The summed E-state index contributed by atoms with van der Waals surface area (Å²) in [7, 11) is 1.38. The van der Waals surface area contributed by atoms with E-state index in [1.807, 2.05) is 6.26 Å². The fourth-order valence-corrected chi connectivity index (χ4v) is 2.42. The first-order valence-electron chi connectivity index (χ1n) is 7.09. The summed E-state index contributed by atoms with van der Waals surface area (Å²) in [4.78, 5) is 34.1. The van der Waals surface area contributed by atoms with Crippen LogP contribution in [0.25, 0.3) is 0 Å². The molecular weight excluding hydrogens is 276 g/mol. The fraction of sp³-hybridized carbons (Fsp3) is 0.800. The lowest BCUT2D eigenvalue weighted by atomic mass is 9.91. The summed E-state index contributed by atoms with van der Waals surface area (Å²) < 4.78 is 4.57. The largest absolute Gasteiger partial charge is 0.469 e. The molecule has 0 heterocycles. The Labute approximate surface area is 126 Å². The van der Waals surface area contributed by atoms with Crippen molar-refractivity contribution in [1.82, 2.24) is 0 Å². The van der Waals surface area contributed by atoms with Gasteiger partial charge in [0.1, 0.15) is 11.6 Å². The molecule has 0 aromatic rings.